The van der Waals surface area contributed by atoms with E-state index in [1.807, 2.05) is 48.3 Å². The first kappa shape index (κ1) is 20.7. The molecule has 0 aromatic heterocycles. The third kappa shape index (κ3) is 5.20. The smallest absolute Gasteiger partial charge is 0.203 e. The van der Waals surface area contributed by atoms with E-state index in [2.05, 4.69) is 10.3 Å². The van der Waals surface area contributed by atoms with Gasteiger partial charge in [0.1, 0.15) is 0 Å². The maximum Gasteiger partial charge on any atom is 0.203 e. The topological polar surface area (TPSA) is 55.3 Å². The molecule has 0 saturated carbocycles. The van der Waals surface area contributed by atoms with Gasteiger partial charge < -0.3 is 24.4 Å². The highest BCUT2D eigenvalue weighted by Crippen LogP contribution is 2.39. The average molecular weight is 392 g/mol. The first-order valence-electron chi connectivity index (χ1n) is 8.48. The van der Waals surface area contributed by atoms with Crippen LogP contribution in [0, 0.1) is 0 Å². The lowest BCUT2D eigenvalue weighted by Gasteiger charge is -2.23. The molecule has 0 aliphatic carbocycles. The highest BCUT2D eigenvalue weighted by atomic mass is 35.5. The summed E-state index contributed by atoms with van der Waals surface area (Å²) in [6.07, 6.45) is 0. The van der Waals surface area contributed by atoms with E-state index in [1.54, 1.807) is 28.4 Å². The van der Waals surface area contributed by atoms with Gasteiger partial charge in [-0.2, -0.15) is 0 Å². The predicted octanol–water partition coefficient (Wildman–Crippen LogP) is 3.57. The van der Waals surface area contributed by atoms with Gasteiger partial charge in [-0.3, -0.25) is 4.99 Å². The molecule has 0 radical (unpaired) electrons. The molecule has 0 aliphatic heterocycles. The molecule has 0 spiro atoms. The molecule has 2 aromatic carbocycles. The molecule has 0 atom stereocenters. The number of nitrogens with one attached hydrogen (secondary N) is 1. The van der Waals surface area contributed by atoms with Crippen molar-refractivity contribution in [2.24, 2.45) is 4.99 Å². The third-order valence-electron chi connectivity index (χ3n) is 4.10. The van der Waals surface area contributed by atoms with Crippen LogP contribution in [0.2, 0.25) is 5.02 Å². The number of ether oxygens (including phenoxy) is 3. The van der Waals surface area contributed by atoms with Crippen LogP contribution in [0.25, 0.3) is 0 Å². The van der Waals surface area contributed by atoms with Crippen molar-refractivity contribution in [2.75, 3.05) is 35.4 Å². The summed E-state index contributed by atoms with van der Waals surface area (Å²) in [6, 6.07) is 11.6. The van der Waals surface area contributed by atoms with Crippen LogP contribution in [0.1, 0.15) is 11.1 Å². The van der Waals surface area contributed by atoms with Gasteiger partial charge >= 0.3 is 0 Å². The zero-order valence-corrected chi connectivity index (χ0v) is 17.1. The van der Waals surface area contributed by atoms with Crippen LogP contribution in [0.4, 0.5) is 0 Å². The molecular weight excluding hydrogens is 366 g/mol. The molecule has 7 heteroatoms. The molecule has 146 valence electrons. The number of aliphatic imine (C=N–C) groups is 1. The molecule has 6 nitrogen and oxygen atoms in total. The minimum Gasteiger partial charge on any atom is -0.493 e. The summed E-state index contributed by atoms with van der Waals surface area (Å²) in [5.74, 6) is 2.59. The normalized spacial score (nSPS) is 11.1. The fourth-order valence-corrected chi connectivity index (χ4v) is 3.06. The summed E-state index contributed by atoms with van der Waals surface area (Å²) in [4.78, 5) is 6.38. The van der Waals surface area contributed by atoms with E-state index in [0.717, 1.165) is 22.1 Å². The summed E-state index contributed by atoms with van der Waals surface area (Å²) in [6.45, 7) is 1.21. The van der Waals surface area contributed by atoms with Gasteiger partial charge in [0.15, 0.2) is 17.5 Å². The largest absolute Gasteiger partial charge is 0.493 e. The van der Waals surface area contributed by atoms with Crippen molar-refractivity contribution in [1.82, 2.24) is 10.2 Å². The van der Waals surface area contributed by atoms with Gasteiger partial charge in [-0.1, -0.05) is 23.7 Å². The van der Waals surface area contributed by atoms with Gasteiger partial charge in [-0.25, -0.2) is 0 Å². The molecular formula is C20H26ClN3O3. The number of nitrogens with zero attached hydrogens (tertiary/aromatic N) is 2. The summed E-state index contributed by atoms with van der Waals surface area (Å²) >= 11 is 6.07. The number of hydrogen-bond acceptors (Lipinski definition) is 4. The van der Waals surface area contributed by atoms with E-state index in [0.29, 0.717) is 30.3 Å². The number of halogens is 1. The number of hydrogen-bond donors (Lipinski definition) is 1. The van der Waals surface area contributed by atoms with E-state index >= 15 is 0 Å². The minimum atomic E-state index is 0.524. The lowest BCUT2D eigenvalue weighted by Crippen LogP contribution is -2.38. The summed E-state index contributed by atoms with van der Waals surface area (Å²) in [5, 5.41) is 4.07. The monoisotopic (exact) mass is 391 g/mol. The minimum absolute atomic E-state index is 0.524. The van der Waals surface area contributed by atoms with Crippen LogP contribution in [-0.4, -0.2) is 46.3 Å². The molecule has 2 rings (SSSR count). The summed E-state index contributed by atoms with van der Waals surface area (Å²) < 4.78 is 16.3. The zero-order valence-electron chi connectivity index (χ0n) is 16.4. The van der Waals surface area contributed by atoms with Crippen LogP contribution in [0.3, 0.4) is 0 Å². The fourth-order valence-electron chi connectivity index (χ4n) is 2.85. The van der Waals surface area contributed by atoms with Crippen LogP contribution in [-0.2, 0) is 13.1 Å². The maximum absolute atomic E-state index is 6.07. The van der Waals surface area contributed by atoms with Crippen molar-refractivity contribution in [3.63, 3.8) is 0 Å². The number of guanidine groups is 1. The Hall–Kier alpha value is -2.60. The zero-order chi connectivity index (χ0) is 19.8. The lowest BCUT2D eigenvalue weighted by atomic mass is 10.1. The van der Waals surface area contributed by atoms with Crippen molar-refractivity contribution in [2.45, 2.75) is 13.1 Å². The standard InChI is InChI=1S/C20H26ClN3O3/c1-22-20(24(2)13-14-7-6-8-16(21)11-14)23-12-15-9-10-17(25-3)19(27-5)18(15)26-4/h6-11H,12-13H2,1-5H3,(H,22,23). The van der Waals surface area contributed by atoms with Crippen molar-refractivity contribution in [3.8, 4) is 17.2 Å². The van der Waals surface area contributed by atoms with E-state index in [4.69, 9.17) is 25.8 Å². The molecule has 0 saturated heterocycles. The Kier molecular flexibility index (Phi) is 7.61. The average Bonchev–Trinajstić information content (AvgIpc) is 2.67. The van der Waals surface area contributed by atoms with E-state index in [-0.39, 0.29) is 0 Å². The first-order chi connectivity index (χ1) is 13.0. The van der Waals surface area contributed by atoms with Crippen LogP contribution < -0.4 is 19.5 Å². The van der Waals surface area contributed by atoms with E-state index in [1.165, 1.54) is 0 Å². The Morgan fingerprint density at radius 3 is 2.41 bits per heavy atom. The molecule has 1 N–H and O–H groups in total. The second kappa shape index (κ2) is 9.92. The Morgan fingerprint density at radius 1 is 1.07 bits per heavy atom. The van der Waals surface area contributed by atoms with Gasteiger partial charge in [-0.05, 0) is 29.8 Å². The van der Waals surface area contributed by atoms with Gasteiger partial charge in [0, 0.05) is 37.8 Å². The molecule has 0 aliphatic rings. The SMILES string of the molecule is CN=C(NCc1ccc(OC)c(OC)c1OC)N(C)Cc1cccc(Cl)c1. The predicted molar refractivity (Wildman–Crippen MR) is 109 cm³/mol. The second-order valence-electron chi connectivity index (χ2n) is 5.88. The van der Waals surface area contributed by atoms with Crippen LogP contribution in [0.15, 0.2) is 41.4 Å². The Morgan fingerprint density at radius 2 is 1.81 bits per heavy atom. The Balaban J connectivity index is 2.11. The first-order valence-corrected chi connectivity index (χ1v) is 8.85. The van der Waals surface area contributed by atoms with Crippen molar-refractivity contribution < 1.29 is 14.2 Å². The van der Waals surface area contributed by atoms with Crippen molar-refractivity contribution in [1.29, 1.82) is 0 Å². The molecule has 0 heterocycles. The second-order valence-corrected chi connectivity index (χ2v) is 6.32. The van der Waals surface area contributed by atoms with Gasteiger partial charge in [-0.15, -0.1) is 0 Å². The lowest BCUT2D eigenvalue weighted by molar-refractivity contribution is 0.322. The molecule has 0 fully saturated rings. The van der Waals surface area contributed by atoms with Gasteiger partial charge in [0.2, 0.25) is 5.75 Å². The van der Waals surface area contributed by atoms with Crippen LogP contribution in [0.5, 0.6) is 17.2 Å². The summed E-state index contributed by atoms with van der Waals surface area (Å²) in [7, 11) is 8.53. The third-order valence-corrected chi connectivity index (χ3v) is 4.34. The van der Waals surface area contributed by atoms with Crippen molar-refractivity contribution in [3.05, 3.63) is 52.5 Å². The number of methoxy groups -OCH3 is 3. The summed E-state index contributed by atoms with van der Waals surface area (Å²) in [5.41, 5.74) is 2.05. The molecule has 0 unspecified atom stereocenters. The van der Waals surface area contributed by atoms with Crippen molar-refractivity contribution >= 4 is 17.6 Å². The van der Waals surface area contributed by atoms with Gasteiger partial charge in [0.05, 0.1) is 21.3 Å². The Labute approximate surface area is 165 Å². The molecule has 0 bridgehead atoms. The quantitative estimate of drug-likeness (QED) is 0.577. The fraction of sp³-hybridized carbons (Fsp3) is 0.350. The highest BCUT2D eigenvalue weighted by molar-refractivity contribution is 6.30. The molecule has 2 aromatic rings. The van der Waals surface area contributed by atoms with E-state index < -0.39 is 0 Å². The Bertz CT molecular complexity index is 796. The molecule has 0 amide bonds. The maximum atomic E-state index is 6.07. The number of benzene rings is 2. The highest BCUT2D eigenvalue weighted by Gasteiger charge is 2.16. The van der Waals surface area contributed by atoms with Crippen LogP contribution >= 0.6 is 11.6 Å². The van der Waals surface area contributed by atoms with Gasteiger partial charge in [0.25, 0.3) is 0 Å². The number of rotatable bonds is 7. The van der Waals surface area contributed by atoms with E-state index in [9.17, 15) is 0 Å². The molecule has 27 heavy (non-hydrogen) atoms.